The zero-order valence-corrected chi connectivity index (χ0v) is 24.9. The number of hydrogen-bond donors (Lipinski definition) is 1. The maximum atomic E-state index is 12.4. The molecular weight excluding hydrogens is 442 g/mol. The van der Waals surface area contributed by atoms with Crippen molar-refractivity contribution in [1.29, 1.82) is 0 Å². The van der Waals surface area contributed by atoms with Crippen LogP contribution in [0.15, 0.2) is 11.6 Å². The molecule has 0 bridgehead atoms. The Morgan fingerprint density at radius 1 is 0.917 bits per heavy atom. The van der Waals surface area contributed by atoms with Crippen molar-refractivity contribution in [2.75, 3.05) is 0 Å². The number of fused-ring (bicyclic) bond motifs is 7. The molecule has 0 saturated heterocycles. The molecule has 4 saturated carbocycles. The van der Waals surface area contributed by atoms with E-state index in [1.165, 1.54) is 51.4 Å². The predicted molar refractivity (Wildman–Crippen MR) is 148 cm³/mol. The van der Waals surface area contributed by atoms with Gasteiger partial charge in [0.25, 0.3) is 0 Å². The van der Waals surface area contributed by atoms with Crippen LogP contribution in [0.2, 0.25) is 0 Å². The third kappa shape index (κ3) is 3.56. The Kier molecular flexibility index (Phi) is 6.01. The topological polar surface area (TPSA) is 52.3 Å². The van der Waals surface area contributed by atoms with E-state index in [0.717, 1.165) is 18.8 Å². The number of ether oxygens (including phenoxy) is 1. The van der Waals surface area contributed by atoms with E-state index in [1.807, 2.05) is 5.57 Å². The van der Waals surface area contributed by atoms with Crippen LogP contribution >= 0.6 is 0 Å². The Balaban J connectivity index is 1.49. The third-order valence-corrected chi connectivity index (χ3v) is 13.6. The molecule has 9 atom stereocenters. The Labute approximate surface area is 221 Å². The molecule has 0 heterocycles. The van der Waals surface area contributed by atoms with E-state index in [1.54, 1.807) is 6.92 Å². The largest absolute Gasteiger partial charge is 0.461 e. The Morgan fingerprint density at radius 2 is 1.58 bits per heavy atom. The van der Waals surface area contributed by atoms with Gasteiger partial charge >= 0.3 is 5.97 Å². The van der Waals surface area contributed by atoms with Gasteiger partial charge in [-0.2, -0.15) is 0 Å². The Bertz CT molecular complexity index is 947. The van der Waals surface area contributed by atoms with Crippen LogP contribution in [0, 0.1) is 50.2 Å². The second-order valence-electron chi connectivity index (χ2n) is 16.4. The molecule has 0 aromatic rings. The number of nitrogens with two attached hydrogens (primary N) is 1. The number of esters is 1. The van der Waals surface area contributed by atoms with Gasteiger partial charge < -0.3 is 10.5 Å². The van der Waals surface area contributed by atoms with E-state index < -0.39 is 6.04 Å². The van der Waals surface area contributed by atoms with Crippen LogP contribution in [-0.4, -0.2) is 18.1 Å². The molecule has 3 heteroatoms. The minimum Gasteiger partial charge on any atom is -0.461 e. The zero-order chi connectivity index (χ0) is 26.5. The third-order valence-electron chi connectivity index (χ3n) is 13.6. The van der Waals surface area contributed by atoms with Gasteiger partial charge in [0.1, 0.15) is 12.1 Å². The van der Waals surface area contributed by atoms with Gasteiger partial charge in [-0.1, -0.05) is 67.0 Å². The summed E-state index contributed by atoms with van der Waals surface area (Å²) in [5.41, 5.74) is 9.59. The maximum absolute atomic E-state index is 12.4. The highest BCUT2D eigenvalue weighted by molar-refractivity contribution is 5.75. The fourth-order valence-corrected chi connectivity index (χ4v) is 11.0. The van der Waals surface area contributed by atoms with Crippen LogP contribution in [-0.2, 0) is 9.53 Å². The molecular formula is C33H55NO2. The summed E-state index contributed by atoms with van der Waals surface area (Å²) >= 11 is 0. The lowest BCUT2D eigenvalue weighted by atomic mass is 9.33. The highest BCUT2D eigenvalue weighted by Gasteiger charge is 2.68. The maximum Gasteiger partial charge on any atom is 0.322 e. The second-order valence-corrected chi connectivity index (χ2v) is 16.4. The minimum atomic E-state index is -0.549. The summed E-state index contributed by atoms with van der Waals surface area (Å²) in [6, 6.07) is -0.549. The summed E-state index contributed by atoms with van der Waals surface area (Å²) < 4.78 is 6.04. The zero-order valence-electron chi connectivity index (χ0n) is 24.9. The molecule has 3 nitrogen and oxygen atoms in total. The van der Waals surface area contributed by atoms with Crippen molar-refractivity contribution in [3.8, 4) is 0 Å². The molecule has 0 radical (unpaired) electrons. The van der Waals surface area contributed by atoms with Gasteiger partial charge in [-0.25, -0.2) is 0 Å². The number of carbonyl (C=O) groups is 1. The van der Waals surface area contributed by atoms with Gasteiger partial charge in [0.05, 0.1) is 0 Å². The van der Waals surface area contributed by atoms with Crippen molar-refractivity contribution in [1.82, 2.24) is 0 Å². The summed E-state index contributed by atoms with van der Waals surface area (Å²) in [5.74, 6) is 1.79. The molecule has 5 rings (SSSR count). The highest BCUT2D eigenvalue weighted by atomic mass is 16.5. The number of rotatable bonds is 2. The van der Waals surface area contributed by atoms with Crippen LogP contribution < -0.4 is 5.73 Å². The van der Waals surface area contributed by atoms with E-state index >= 15 is 0 Å². The van der Waals surface area contributed by atoms with E-state index in [9.17, 15) is 4.79 Å². The molecule has 0 aliphatic heterocycles. The van der Waals surface area contributed by atoms with Crippen molar-refractivity contribution in [2.24, 2.45) is 56.0 Å². The number of allylic oxidation sites excluding steroid dienone is 2. The van der Waals surface area contributed by atoms with Gasteiger partial charge in [0, 0.05) is 5.41 Å². The first-order valence-electron chi connectivity index (χ1n) is 15.2. The second kappa shape index (κ2) is 8.09. The van der Waals surface area contributed by atoms with Crippen LogP contribution in [0.1, 0.15) is 127 Å². The number of carbonyl (C=O) groups excluding carboxylic acids is 1. The fraction of sp³-hybridized carbons (Fsp3) is 0.909. The van der Waals surface area contributed by atoms with Crippen LogP contribution in [0.4, 0.5) is 0 Å². The SMILES string of the molecule is C[C@H](N)C(=O)O[C@H]1CC[C@]2(C)[C@H]3CC=C4[C@@H]5CC(C)(C)CC[C@]5(C)CC[C@@]4(C)[C@]3(C)CC[C@H]2C1(C)C. The molecule has 36 heavy (non-hydrogen) atoms. The van der Waals surface area contributed by atoms with Crippen LogP contribution in [0.5, 0.6) is 0 Å². The standard InChI is InChI=1S/C33H55NO2/c1-21(34)27(35)36-26-13-14-31(7)24(29(26,4)5)12-15-33(9)25(31)11-10-22-23-20-28(2,3)16-17-30(23,6)18-19-32(22,33)8/h10,21,23-26H,11-20,34H2,1-9H3/t21-,23-,24-,25+,26-,30+,31-,32+,33+/m0/s1. The predicted octanol–water partition coefficient (Wildman–Crippen LogP) is 8.07. The molecule has 0 spiro atoms. The molecule has 5 aliphatic carbocycles. The quantitative estimate of drug-likeness (QED) is 0.310. The lowest BCUT2D eigenvalue weighted by Crippen LogP contribution is -2.64. The van der Waals surface area contributed by atoms with Crippen molar-refractivity contribution < 1.29 is 9.53 Å². The Morgan fingerprint density at radius 3 is 2.25 bits per heavy atom. The summed E-state index contributed by atoms with van der Waals surface area (Å²) in [5, 5.41) is 0. The highest BCUT2D eigenvalue weighted by Crippen LogP contribution is 2.75. The van der Waals surface area contributed by atoms with Crippen molar-refractivity contribution in [3.63, 3.8) is 0 Å². The van der Waals surface area contributed by atoms with E-state index in [2.05, 4.69) is 61.5 Å². The first-order valence-corrected chi connectivity index (χ1v) is 15.2. The van der Waals surface area contributed by atoms with Crippen molar-refractivity contribution >= 4 is 5.97 Å². The molecule has 0 unspecified atom stereocenters. The van der Waals surface area contributed by atoms with Gasteiger partial charge in [0.2, 0.25) is 0 Å². The first kappa shape index (κ1) is 26.8. The molecule has 0 aromatic carbocycles. The first-order chi connectivity index (χ1) is 16.5. The van der Waals surface area contributed by atoms with Gasteiger partial charge in [-0.15, -0.1) is 0 Å². The Hall–Kier alpha value is -0.830. The van der Waals surface area contributed by atoms with Crippen LogP contribution in [0.25, 0.3) is 0 Å². The van der Waals surface area contributed by atoms with Crippen molar-refractivity contribution in [3.05, 3.63) is 11.6 Å². The summed E-state index contributed by atoms with van der Waals surface area (Å²) in [6.45, 7) is 22.1. The summed E-state index contributed by atoms with van der Waals surface area (Å²) in [6.07, 6.45) is 15.6. The van der Waals surface area contributed by atoms with Crippen molar-refractivity contribution in [2.45, 2.75) is 139 Å². The van der Waals surface area contributed by atoms with Gasteiger partial charge in [-0.05, 0) is 116 Å². The van der Waals surface area contributed by atoms with E-state index in [0.29, 0.717) is 33.5 Å². The normalized spacial score (nSPS) is 49.9. The molecule has 0 amide bonds. The minimum absolute atomic E-state index is 0.0245. The lowest BCUT2D eigenvalue weighted by Gasteiger charge is -2.71. The molecule has 0 aromatic heterocycles. The summed E-state index contributed by atoms with van der Waals surface area (Å²) in [4.78, 5) is 12.4. The molecule has 4 fully saturated rings. The molecule has 5 aliphatic rings. The van der Waals surface area contributed by atoms with Crippen LogP contribution in [0.3, 0.4) is 0 Å². The average molecular weight is 498 g/mol. The molecule has 2 N–H and O–H groups in total. The summed E-state index contributed by atoms with van der Waals surface area (Å²) in [7, 11) is 0. The number of hydrogen-bond acceptors (Lipinski definition) is 3. The smallest absolute Gasteiger partial charge is 0.322 e. The van der Waals surface area contributed by atoms with Gasteiger partial charge in [-0.3, -0.25) is 4.79 Å². The average Bonchev–Trinajstić information content (AvgIpc) is 2.77. The van der Waals surface area contributed by atoms with Gasteiger partial charge in [0.15, 0.2) is 0 Å². The molecule has 204 valence electrons. The lowest BCUT2D eigenvalue weighted by molar-refractivity contribution is -0.212. The van der Waals surface area contributed by atoms with E-state index in [-0.39, 0.29) is 22.9 Å². The fourth-order valence-electron chi connectivity index (χ4n) is 11.0. The monoisotopic (exact) mass is 497 g/mol. The van der Waals surface area contributed by atoms with E-state index in [4.69, 9.17) is 10.5 Å².